The summed E-state index contributed by atoms with van der Waals surface area (Å²) in [6, 6.07) is 11.9. The maximum absolute atomic E-state index is 12.1. The summed E-state index contributed by atoms with van der Waals surface area (Å²) in [5.74, 6) is 0.428. The summed E-state index contributed by atoms with van der Waals surface area (Å²) in [5.41, 5.74) is 0.214. The van der Waals surface area contributed by atoms with Crippen molar-refractivity contribution >= 4 is 5.91 Å². The van der Waals surface area contributed by atoms with Crippen molar-refractivity contribution in [1.29, 1.82) is 0 Å². The zero-order chi connectivity index (χ0) is 17.9. The first-order valence-electron chi connectivity index (χ1n) is 7.43. The minimum Gasteiger partial charge on any atom is -0.486 e. The van der Waals surface area contributed by atoms with Gasteiger partial charge in [0.1, 0.15) is 18.5 Å². The van der Waals surface area contributed by atoms with E-state index in [4.69, 9.17) is 9.47 Å². The number of halogens is 3. The molecular formula is C17H14F3NO4. The number of nitrogens with one attached hydrogen (secondary N) is 1. The number of para-hydroxylation sites is 2. The lowest BCUT2D eigenvalue weighted by Gasteiger charge is -2.26. The van der Waals surface area contributed by atoms with Crippen molar-refractivity contribution in [3.63, 3.8) is 0 Å². The summed E-state index contributed by atoms with van der Waals surface area (Å²) in [6.07, 6.45) is -5.12. The molecule has 1 heterocycles. The molecule has 1 aliphatic heterocycles. The minimum absolute atomic E-state index is 0.202. The van der Waals surface area contributed by atoms with Crippen LogP contribution in [0.15, 0.2) is 48.5 Å². The number of hydrogen-bond donors (Lipinski definition) is 1. The van der Waals surface area contributed by atoms with Gasteiger partial charge >= 0.3 is 6.36 Å². The normalized spacial score (nSPS) is 16.2. The second kappa shape index (κ2) is 6.92. The quantitative estimate of drug-likeness (QED) is 0.917. The van der Waals surface area contributed by atoms with Gasteiger partial charge in [0, 0.05) is 5.56 Å². The molecule has 132 valence electrons. The molecule has 0 aliphatic carbocycles. The number of alkyl halides is 3. The second-order valence-electron chi connectivity index (χ2n) is 5.28. The van der Waals surface area contributed by atoms with Gasteiger partial charge in [-0.05, 0) is 36.4 Å². The lowest BCUT2D eigenvalue weighted by molar-refractivity contribution is -0.274. The lowest BCUT2D eigenvalue weighted by Crippen LogP contribution is -2.40. The van der Waals surface area contributed by atoms with Gasteiger partial charge in [-0.25, -0.2) is 0 Å². The first kappa shape index (κ1) is 16.9. The molecule has 0 spiro atoms. The van der Waals surface area contributed by atoms with Gasteiger partial charge in [0.25, 0.3) is 5.91 Å². The Morgan fingerprint density at radius 2 is 1.80 bits per heavy atom. The number of ether oxygens (including phenoxy) is 3. The highest BCUT2D eigenvalue weighted by Crippen LogP contribution is 2.30. The third kappa shape index (κ3) is 4.56. The maximum Gasteiger partial charge on any atom is 0.573 e. The van der Waals surface area contributed by atoms with E-state index in [1.165, 1.54) is 12.1 Å². The number of rotatable bonds is 4. The highest BCUT2D eigenvalue weighted by atomic mass is 19.4. The highest BCUT2D eigenvalue weighted by Gasteiger charge is 2.31. The van der Waals surface area contributed by atoms with Crippen molar-refractivity contribution in [3.8, 4) is 17.2 Å². The molecule has 3 rings (SSSR count). The van der Waals surface area contributed by atoms with Crippen LogP contribution in [0.4, 0.5) is 13.2 Å². The standard InChI is InChI=1S/C17H14F3NO4/c18-17(19,20)25-12-7-5-11(6-8-12)16(22)21-9-13-10-23-14-3-1-2-4-15(14)24-13/h1-8,13H,9-10H2,(H,21,22)/t13-/m0/s1. The molecule has 1 aliphatic rings. The fourth-order valence-electron chi connectivity index (χ4n) is 2.28. The Balaban J connectivity index is 1.53. The average Bonchev–Trinajstić information content (AvgIpc) is 2.59. The Morgan fingerprint density at radius 1 is 1.12 bits per heavy atom. The molecule has 5 nitrogen and oxygen atoms in total. The van der Waals surface area contributed by atoms with Crippen LogP contribution in [-0.4, -0.2) is 31.5 Å². The largest absolute Gasteiger partial charge is 0.573 e. The van der Waals surface area contributed by atoms with Gasteiger partial charge in [-0.15, -0.1) is 13.2 Å². The number of hydrogen-bond acceptors (Lipinski definition) is 4. The summed E-state index contributed by atoms with van der Waals surface area (Å²) in [7, 11) is 0. The first-order chi connectivity index (χ1) is 11.9. The first-order valence-corrected chi connectivity index (χ1v) is 7.43. The van der Waals surface area contributed by atoms with E-state index in [1.807, 2.05) is 12.1 Å². The van der Waals surface area contributed by atoms with Crippen LogP contribution in [0.3, 0.4) is 0 Å². The number of carbonyl (C=O) groups is 1. The summed E-state index contributed by atoms with van der Waals surface area (Å²) < 4.78 is 51.3. The molecule has 0 saturated heterocycles. The van der Waals surface area contributed by atoms with Crippen LogP contribution in [0.5, 0.6) is 17.2 Å². The summed E-state index contributed by atoms with van der Waals surface area (Å²) in [4.78, 5) is 12.1. The van der Waals surface area contributed by atoms with Crippen molar-refractivity contribution in [2.75, 3.05) is 13.2 Å². The highest BCUT2D eigenvalue weighted by molar-refractivity contribution is 5.94. The minimum atomic E-state index is -4.77. The summed E-state index contributed by atoms with van der Waals surface area (Å²) in [6.45, 7) is 0.490. The van der Waals surface area contributed by atoms with E-state index < -0.39 is 12.3 Å². The zero-order valence-electron chi connectivity index (χ0n) is 12.9. The second-order valence-corrected chi connectivity index (χ2v) is 5.28. The molecule has 1 N–H and O–H groups in total. The van der Waals surface area contributed by atoms with E-state index >= 15 is 0 Å². The monoisotopic (exact) mass is 353 g/mol. The third-order valence-corrected chi connectivity index (χ3v) is 3.41. The van der Waals surface area contributed by atoms with Gasteiger partial charge in [-0.2, -0.15) is 0 Å². The molecule has 0 saturated carbocycles. The molecule has 8 heteroatoms. The van der Waals surface area contributed by atoms with Crippen LogP contribution >= 0.6 is 0 Å². The molecular weight excluding hydrogens is 339 g/mol. The predicted octanol–water partition coefficient (Wildman–Crippen LogP) is 3.16. The molecule has 2 aromatic carbocycles. The zero-order valence-corrected chi connectivity index (χ0v) is 12.9. The molecule has 0 radical (unpaired) electrons. The van der Waals surface area contributed by atoms with Gasteiger partial charge in [0.2, 0.25) is 0 Å². The Kier molecular flexibility index (Phi) is 4.69. The topological polar surface area (TPSA) is 56.8 Å². The molecule has 0 fully saturated rings. The molecule has 2 aromatic rings. The van der Waals surface area contributed by atoms with E-state index in [2.05, 4.69) is 10.1 Å². The Labute approximate surface area is 141 Å². The fourth-order valence-corrected chi connectivity index (χ4v) is 2.28. The van der Waals surface area contributed by atoms with Gasteiger partial charge in [0.05, 0.1) is 6.54 Å². The van der Waals surface area contributed by atoms with E-state index in [9.17, 15) is 18.0 Å². The number of benzene rings is 2. The van der Waals surface area contributed by atoms with Crippen molar-refractivity contribution in [3.05, 3.63) is 54.1 Å². The fraction of sp³-hybridized carbons (Fsp3) is 0.235. The van der Waals surface area contributed by atoms with Gasteiger partial charge < -0.3 is 19.5 Å². The molecule has 25 heavy (non-hydrogen) atoms. The van der Waals surface area contributed by atoms with E-state index in [0.29, 0.717) is 11.5 Å². The van der Waals surface area contributed by atoms with Gasteiger partial charge in [-0.3, -0.25) is 4.79 Å². The van der Waals surface area contributed by atoms with E-state index in [0.717, 1.165) is 12.1 Å². The van der Waals surface area contributed by atoms with Crippen LogP contribution in [0.1, 0.15) is 10.4 Å². The van der Waals surface area contributed by atoms with E-state index in [-0.39, 0.29) is 30.6 Å². The molecule has 0 unspecified atom stereocenters. The van der Waals surface area contributed by atoms with Crippen LogP contribution in [0.25, 0.3) is 0 Å². The van der Waals surface area contributed by atoms with Crippen LogP contribution in [-0.2, 0) is 0 Å². The number of amides is 1. The van der Waals surface area contributed by atoms with Crippen molar-refractivity contribution < 1.29 is 32.2 Å². The van der Waals surface area contributed by atoms with Crippen LogP contribution in [0, 0.1) is 0 Å². The Hall–Kier alpha value is -2.90. The summed E-state index contributed by atoms with van der Waals surface area (Å²) in [5, 5.41) is 2.66. The van der Waals surface area contributed by atoms with Crippen LogP contribution in [0.2, 0.25) is 0 Å². The van der Waals surface area contributed by atoms with Crippen molar-refractivity contribution in [2.24, 2.45) is 0 Å². The third-order valence-electron chi connectivity index (χ3n) is 3.41. The molecule has 1 amide bonds. The van der Waals surface area contributed by atoms with Gasteiger partial charge in [-0.1, -0.05) is 12.1 Å². The summed E-state index contributed by atoms with van der Waals surface area (Å²) >= 11 is 0. The van der Waals surface area contributed by atoms with Crippen molar-refractivity contribution in [1.82, 2.24) is 5.32 Å². The average molecular weight is 353 g/mol. The Bertz CT molecular complexity index is 746. The smallest absolute Gasteiger partial charge is 0.486 e. The SMILES string of the molecule is O=C(NC[C@H]1COc2ccccc2O1)c1ccc(OC(F)(F)F)cc1. The maximum atomic E-state index is 12.1. The predicted molar refractivity (Wildman–Crippen MR) is 81.8 cm³/mol. The molecule has 0 bridgehead atoms. The van der Waals surface area contributed by atoms with Crippen molar-refractivity contribution in [2.45, 2.75) is 12.5 Å². The van der Waals surface area contributed by atoms with Crippen LogP contribution < -0.4 is 19.5 Å². The molecule has 0 aromatic heterocycles. The number of carbonyl (C=O) groups excluding carboxylic acids is 1. The number of fused-ring (bicyclic) bond motifs is 1. The van der Waals surface area contributed by atoms with E-state index in [1.54, 1.807) is 12.1 Å². The van der Waals surface area contributed by atoms with Gasteiger partial charge in [0.15, 0.2) is 11.5 Å². The Morgan fingerprint density at radius 3 is 2.48 bits per heavy atom. The molecule has 1 atom stereocenters. The lowest BCUT2D eigenvalue weighted by atomic mass is 10.2.